The molecule has 6 heteroatoms. The molecule has 0 unspecified atom stereocenters. The first-order valence-corrected chi connectivity index (χ1v) is 12.3. The summed E-state index contributed by atoms with van der Waals surface area (Å²) in [5.74, 6) is -0.189. The fourth-order valence-corrected chi connectivity index (χ4v) is 3.42. The molecule has 0 aromatic carbocycles. The maximum atomic E-state index is 10.5. The molecule has 0 radical (unpaired) electrons. The molecule has 26 heavy (non-hydrogen) atoms. The molecule has 0 rings (SSSR count). The Hall–Kier alpha value is -0.170. The summed E-state index contributed by atoms with van der Waals surface area (Å²) < 4.78 is 40.5. The molecule has 0 spiro atoms. The molecule has 0 aromatic rings. The summed E-state index contributed by atoms with van der Waals surface area (Å²) in [6.07, 6.45) is 17.2. The van der Waals surface area contributed by atoms with Crippen molar-refractivity contribution in [3.63, 3.8) is 0 Å². The van der Waals surface area contributed by atoms with Crippen molar-refractivity contribution in [2.24, 2.45) is 0 Å². The minimum atomic E-state index is -3.83. The Morgan fingerprint density at radius 1 is 0.577 bits per heavy atom. The summed E-state index contributed by atoms with van der Waals surface area (Å²) in [5, 5.41) is 0. The van der Waals surface area contributed by atoms with Crippen molar-refractivity contribution in [3.8, 4) is 0 Å². The summed E-state index contributed by atoms with van der Waals surface area (Å²) >= 11 is 0. The van der Waals surface area contributed by atoms with Crippen LogP contribution in [-0.4, -0.2) is 45.2 Å². The van der Waals surface area contributed by atoms with E-state index in [0.717, 1.165) is 13.0 Å². The minimum Gasteiger partial charge on any atom is -0.379 e. The first-order valence-electron chi connectivity index (χ1n) is 10.7. The highest BCUT2D eigenvalue weighted by Crippen LogP contribution is 2.11. The SMILES string of the molecule is CCCCCCCCCCCCCCOCCOCCCCS(=O)(=O)O. The van der Waals surface area contributed by atoms with E-state index in [2.05, 4.69) is 6.92 Å². The van der Waals surface area contributed by atoms with Gasteiger partial charge in [0.25, 0.3) is 10.1 Å². The number of unbranched alkanes of at least 4 members (excludes halogenated alkanes) is 12. The third-order valence-corrected chi connectivity index (χ3v) is 5.26. The monoisotopic (exact) mass is 394 g/mol. The van der Waals surface area contributed by atoms with Crippen LogP contribution in [0.3, 0.4) is 0 Å². The standard InChI is InChI=1S/C20H42O5S/c1-2-3-4-5-6-7-8-9-10-11-12-13-16-24-18-19-25-17-14-15-20-26(21,22)23/h2-20H2,1H3,(H,21,22,23). The molecule has 0 aromatic heterocycles. The van der Waals surface area contributed by atoms with Crippen LogP contribution in [0, 0.1) is 0 Å². The van der Waals surface area contributed by atoms with E-state index in [0.29, 0.717) is 32.7 Å². The summed E-state index contributed by atoms with van der Waals surface area (Å²) in [7, 11) is -3.83. The molecule has 1 N–H and O–H groups in total. The number of hydrogen-bond acceptors (Lipinski definition) is 4. The largest absolute Gasteiger partial charge is 0.379 e. The van der Waals surface area contributed by atoms with Crippen LogP contribution in [0.25, 0.3) is 0 Å². The summed E-state index contributed by atoms with van der Waals surface area (Å²) in [6, 6.07) is 0. The van der Waals surface area contributed by atoms with Crippen molar-refractivity contribution in [1.82, 2.24) is 0 Å². The Kier molecular flexibility index (Phi) is 19.5. The fourth-order valence-electron chi connectivity index (χ4n) is 2.86. The van der Waals surface area contributed by atoms with Gasteiger partial charge in [0.05, 0.1) is 19.0 Å². The molecule has 0 atom stereocenters. The van der Waals surface area contributed by atoms with Crippen LogP contribution in [0.2, 0.25) is 0 Å². The lowest BCUT2D eigenvalue weighted by Crippen LogP contribution is -2.08. The van der Waals surface area contributed by atoms with Crippen molar-refractivity contribution < 1.29 is 22.4 Å². The molecule has 0 aliphatic carbocycles. The maximum Gasteiger partial charge on any atom is 0.264 e. The van der Waals surface area contributed by atoms with Gasteiger partial charge in [0.1, 0.15) is 0 Å². The van der Waals surface area contributed by atoms with E-state index in [4.69, 9.17) is 14.0 Å². The average molecular weight is 395 g/mol. The molecule has 0 saturated carbocycles. The smallest absolute Gasteiger partial charge is 0.264 e. The van der Waals surface area contributed by atoms with Gasteiger partial charge >= 0.3 is 0 Å². The zero-order chi connectivity index (χ0) is 19.3. The Morgan fingerprint density at radius 3 is 1.38 bits per heavy atom. The van der Waals surface area contributed by atoms with Gasteiger partial charge in [0.15, 0.2) is 0 Å². The number of hydrogen-bond donors (Lipinski definition) is 1. The van der Waals surface area contributed by atoms with Crippen molar-refractivity contribution in [1.29, 1.82) is 0 Å². The van der Waals surface area contributed by atoms with Gasteiger partial charge < -0.3 is 9.47 Å². The summed E-state index contributed by atoms with van der Waals surface area (Å²) in [4.78, 5) is 0. The quantitative estimate of drug-likeness (QED) is 0.209. The van der Waals surface area contributed by atoms with Gasteiger partial charge in [-0.2, -0.15) is 8.42 Å². The average Bonchev–Trinajstić information content (AvgIpc) is 2.59. The van der Waals surface area contributed by atoms with Gasteiger partial charge in [-0.1, -0.05) is 77.6 Å². The van der Waals surface area contributed by atoms with Crippen molar-refractivity contribution in [3.05, 3.63) is 0 Å². The molecule has 0 aliphatic rings. The van der Waals surface area contributed by atoms with Gasteiger partial charge in [0, 0.05) is 13.2 Å². The van der Waals surface area contributed by atoms with Crippen LogP contribution in [0.5, 0.6) is 0 Å². The normalized spacial score (nSPS) is 11.9. The van der Waals surface area contributed by atoms with E-state index >= 15 is 0 Å². The molecule has 5 nitrogen and oxygen atoms in total. The first-order chi connectivity index (χ1) is 12.6. The Bertz CT molecular complexity index is 370. The summed E-state index contributed by atoms with van der Waals surface area (Å²) in [5.41, 5.74) is 0. The molecule has 0 saturated heterocycles. The van der Waals surface area contributed by atoms with Crippen LogP contribution >= 0.6 is 0 Å². The maximum absolute atomic E-state index is 10.5. The second kappa shape index (κ2) is 19.6. The van der Waals surface area contributed by atoms with Crippen LogP contribution in [-0.2, 0) is 19.6 Å². The third kappa shape index (κ3) is 23.8. The predicted octanol–water partition coefficient (Wildman–Crippen LogP) is 5.39. The van der Waals surface area contributed by atoms with E-state index in [1.165, 1.54) is 70.6 Å². The predicted molar refractivity (Wildman–Crippen MR) is 108 cm³/mol. The molecule has 0 aliphatic heterocycles. The Labute approximate surface area is 162 Å². The van der Waals surface area contributed by atoms with Gasteiger partial charge in [0.2, 0.25) is 0 Å². The second-order valence-corrected chi connectivity index (χ2v) is 8.68. The van der Waals surface area contributed by atoms with Crippen LogP contribution in [0.4, 0.5) is 0 Å². The molecule has 0 heterocycles. The minimum absolute atomic E-state index is 0.189. The third-order valence-electron chi connectivity index (χ3n) is 4.46. The second-order valence-electron chi connectivity index (χ2n) is 7.11. The topological polar surface area (TPSA) is 72.8 Å². The van der Waals surface area contributed by atoms with E-state index in [-0.39, 0.29) is 5.75 Å². The lowest BCUT2D eigenvalue weighted by Gasteiger charge is -2.06. The molecular formula is C20H42O5S. The summed E-state index contributed by atoms with van der Waals surface area (Å²) in [6.45, 7) is 4.71. The van der Waals surface area contributed by atoms with Gasteiger partial charge in [-0.15, -0.1) is 0 Å². The Balaban J connectivity index is 3.03. The zero-order valence-electron chi connectivity index (χ0n) is 16.9. The van der Waals surface area contributed by atoms with E-state index < -0.39 is 10.1 Å². The van der Waals surface area contributed by atoms with Crippen LogP contribution in [0.1, 0.15) is 96.8 Å². The van der Waals surface area contributed by atoms with E-state index in [9.17, 15) is 8.42 Å². The zero-order valence-corrected chi connectivity index (χ0v) is 17.7. The van der Waals surface area contributed by atoms with Crippen molar-refractivity contribution >= 4 is 10.1 Å². The fraction of sp³-hybridized carbons (Fsp3) is 1.00. The van der Waals surface area contributed by atoms with Gasteiger partial charge in [-0.3, -0.25) is 4.55 Å². The highest BCUT2D eigenvalue weighted by Gasteiger charge is 2.02. The molecule has 0 bridgehead atoms. The highest BCUT2D eigenvalue weighted by molar-refractivity contribution is 7.85. The molecule has 0 fully saturated rings. The van der Waals surface area contributed by atoms with Crippen molar-refractivity contribution in [2.75, 3.05) is 32.2 Å². The van der Waals surface area contributed by atoms with E-state index in [1.54, 1.807) is 0 Å². The lowest BCUT2D eigenvalue weighted by atomic mass is 10.1. The first kappa shape index (κ1) is 25.8. The highest BCUT2D eigenvalue weighted by atomic mass is 32.2. The van der Waals surface area contributed by atoms with Gasteiger partial charge in [-0.25, -0.2) is 0 Å². The molecule has 0 amide bonds. The van der Waals surface area contributed by atoms with E-state index in [1.807, 2.05) is 0 Å². The van der Waals surface area contributed by atoms with Crippen molar-refractivity contribution in [2.45, 2.75) is 96.8 Å². The molecular weight excluding hydrogens is 352 g/mol. The Morgan fingerprint density at radius 2 is 0.962 bits per heavy atom. The number of rotatable bonds is 21. The molecule has 158 valence electrons. The van der Waals surface area contributed by atoms with Crippen LogP contribution in [0.15, 0.2) is 0 Å². The van der Waals surface area contributed by atoms with Crippen LogP contribution < -0.4 is 0 Å². The lowest BCUT2D eigenvalue weighted by molar-refractivity contribution is 0.0453. The number of ether oxygens (including phenoxy) is 2. The van der Waals surface area contributed by atoms with Gasteiger partial charge in [-0.05, 0) is 19.3 Å².